The molecule has 0 aliphatic rings. The maximum Gasteiger partial charge on any atom is 0.306 e. The van der Waals surface area contributed by atoms with Gasteiger partial charge in [-0.3, -0.25) is 20.4 Å². The van der Waals surface area contributed by atoms with Crippen molar-refractivity contribution in [3.05, 3.63) is 0 Å². The van der Waals surface area contributed by atoms with Crippen LogP contribution in [0.5, 0.6) is 0 Å². The molecule has 11 heteroatoms. The van der Waals surface area contributed by atoms with E-state index < -0.39 is 0 Å². The van der Waals surface area contributed by atoms with E-state index in [0.717, 1.165) is 113 Å². The molecule has 0 spiro atoms. The number of ether oxygens (including phenoxy) is 2. The average molecular weight is 941 g/mol. The summed E-state index contributed by atoms with van der Waals surface area (Å²) < 4.78 is 10.9. The number of hydrogen-bond donors (Lipinski definition) is 4. The summed E-state index contributed by atoms with van der Waals surface area (Å²) >= 11 is 3.56. The minimum atomic E-state index is -0.0730. The number of nitrogens with one attached hydrogen (secondary N) is 4. The molecule has 0 aromatic rings. The van der Waals surface area contributed by atoms with Crippen LogP contribution in [-0.2, 0) is 19.1 Å². The lowest BCUT2D eigenvalue weighted by Gasteiger charge is -2.17. The molecular weight excluding hydrogens is 835 g/mol. The lowest BCUT2D eigenvalue weighted by Crippen LogP contribution is -2.30. The van der Waals surface area contributed by atoms with Gasteiger partial charge < -0.3 is 25.0 Å². The molecule has 0 atom stereocenters. The summed E-state index contributed by atoms with van der Waals surface area (Å²) in [6.07, 6.45) is 43.5. The van der Waals surface area contributed by atoms with Crippen molar-refractivity contribution in [2.45, 2.75) is 245 Å². The molecule has 0 amide bonds. The smallest absolute Gasteiger partial charge is 0.306 e. The van der Waals surface area contributed by atoms with E-state index in [2.05, 4.69) is 36.4 Å². The molecule has 0 radical (unpaired) electrons. The quantitative estimate of drug-likeness (QED) is 0.0204. The number of esters is 2. The van der Waals surface area contributed by atoms with Gasteiger partial charge in [0.25, 0.3) is 0 Å². The van der Waals surface area contributed by atoms with Crippen LogP contribution in [0, 0.1) is 10.8 Å². The van der Waals surface area contributed by atoms with Crippen molar-refractivity contribution >= 4 is 47.1 Å². The van der Waals surface area contributed by atoms with Gasteiger partial charge in [-0.2, -0.15) is 23.5 Å². The Morgan fingerprint density at radius 2 is 0.703 bits per heavy atom. The summed E-state index contributed by atoms with van der Waals surface area (Å²) in [5.41, 5.74) is 0. The topological polar surface area (TPSA) is 128 Å². The Morgan fingerprint density at radius 1 is 0.406 bits per heavy atom. The molecule has 0 unspecified atom stereocenters. The summed E-state index contributed by atoms with van der Waals surface area (Å²) in [5, 5.41) is 23.0. The fourth-order valence-corrected chi connectivity index (χ4v) is 9.52. The highest BCUT2D eigenvalue weighted by Crippen LogP contribution is 2.15. The molecule has 0 bridgehead atoms. The van der Waals surface area contributed by atoms with Crippen LogP contribution in [0.2, 0.25) is 0 Å². The molecular formula is C53H105N5O4S2. The van der Waals surface area contributed by atoms with E-state index in [9.17, 15) is 9.59 Å². The third-order valence-corrected chi connectivity index (χ3v) is 14.1. The van der Waals surface area contributed by atoms with Crippen LogP contribution < -0.4 is 10.6 Å². The normalized spacial score (nSPS) is 11.3. The zero-order valence-corrected chi connectivity index (χ0v) is 44.1. The van der Waals surface area contributed by atoms with Crippen molar-refractivity contribution in [1.29, 1.82) is 10.8 Å². The van der Waals surface area contributed by atoms with Crippen LogP contribution in [0.4, 0.5) is 0 Å². The van der Waals surface area contributed by atoms with Crippen LogP contribution in [0.3, 0.4) is 0 Å². The second-order valence-corrected chi connectivity index (χ2v) is 20.8. The van der Waals surface area contributed by atoms with E-state index in [4.69, 9.17) is 20.3 Å². The highest BCUT2D eigenvalue weighted by molar-refractivity contribution is 7.99. The van der Waals surface area contributed by atoms with Crippen molar-refractivity contribution in [2.24, 2.45) is 0 Å². The zero-order valence-electron chi connectivity index (χ0n) is 42.4. The lowest BCUT2D eigenvalue weighted by molar-refractivity contribution is -0.144. The molecule has 0 aliphatic carbocycles. The summed E-state index contributed by atoms with van der Waals surface area (Å²) in [5.74, 6) is 4.56. The zero-order chi connectivity index (χ0) is 46.7. The molecule has 0 heterocycles. The Hall–Kier alpha value is -1.46. The van der Waals surface area contributed by atoms with E-state index in [-0.39, 0.29) is 11.9 Å². The van der Waals surface area contributed by atoms with E-state index in [0.29, 0.717) is 37.7 Å². The number of thioether (sulfide) groups is 2. The first-order valence-corrected chi connectivity index (χ1v) is 29.5. The van der Waals surface area contributed by atoms with Gasteiger partial charge in [0.15, 0.2) is 0 Å². The second kappa shape index (κ2) is 52.5. The minimum Gasteiger partial charge on any atom is -0.466 e. The number of amidine groups is 2. The van der Waals surface area contributed by atoms with Crippen LogP contribution in [0.1, 0.15) is 245 Å². The van der Waals surface area contributed by atoms with Crippen molar-refractivity contribution in [2.75, 3.05) is 69.5 Å². The first-order chi connectivity index (χ1) is 31.4. The van der Waals surface area contributed by atoms with E-state index in [1.54, 1.807) is 23.5 Å². The van der Waals surface area contributed by atoms with Crippen LogP contribution in [0.15, 0.2) is 0 Å². The van der Waals surface area contributed by atoms with E-state index in [1.807, 2.05) is 0 Å². The molecule has 0 aromatic heterocycles. The highest BCUT2D eigenvalue weighted by atomic mass is 32.2. The lowest BCUT2D eigenvalue weighted by atomic mass is 10.0. The maximum atomic E-state index is 12.1. The largest absolute Gasteiger partial charge is 0.466 e. The Labute approximate surface area is 405 Å². The standard InChI is InChI=1S/C53H105N5O4S2/c1-4-6-8-10-12-14-16-18-20-22-24-26-28-30-44-61-52(59)38-48-63-46-32-36-50(54)56-40-34-42-58(3)43-35-41-57-51(55)37-33-47-64-49-39-53(60)62-45-31-29-27-25-23-21-19-17-15-13-11-9-7-5-2/h4-49H2,1-3H3,(H2,54,56)(H2,55,57). The van der Waals surface area contributed by atoms with Crippen LogP contribution in [-0.4, -0.2) is 98.0 Å². The predicted octanol–water partition coefficient (Wildman–Crippen LogP) is 14.7. The van der Waals surface area contributed by atoms with Gasteiger partial charge in [-0.25, -0.2) is 0 Å². The number of hydrogen-bond acceptors (Lipinski definition) is 9. The predicted molar refractivity (Wildman–Crippen MR) is 283 cm³/mol. The fourth-order valence-electron chi connectivity index (χ4n) is 7.79. The van der Waals surface area contributed by atoms with Crippen LogP contribution in [0.25, 0.3) is 0 Å². The summed E-state index contributed by atoms with van der Waals surface area (Å²) in [7, 11) is 2.14. The summed E-state index contributed by atoms with van der Waals surface area (Å²) in [6, 6.07) is 0. The van der Waals surface area contributed by atoms with Gasteiger partial charge in [-0.05, 0) is 70.2 Å². The van der Waals surface area contributed by atoms with Crippen molar-refractivity contribution in [1.82, 2.24) is 15.5 Å². The molecule has 378 valence electrons. The SMILES string of the molecule is CCCCCCCCCCCCCCCCOC(=O)CCSCCCC(=N)NCCCN(C)CCCNC(=N)CCCSCCC(=O)OCCCCCCCCCCCCCCCC. The Balaban J connectivity index is 3.43. The fraction of sp³-hybridized carbons (Fsp3) is 0.925. The molecule has 0 saturated heterocycles. The third-order valence-electron chi connectivity index (χ3n) is 12.0. The number of carbonyl (C=O) groups is 2. The number of carbonyl (C=O) groups excluding carboxylic acids is 2. The number of nitrogens with zero attached hydrogens (tertiary/aromatic N) is 1. The van der Waals surface area contributed by atoms with Gasteiger partial charge in [-0.1, -0.05) is 181 Å². The molecule has 0 aromatic carbocycles. The molecule has 0 fully saturated rings. The molecule has 4 N–H and O–H groups in total. The first-order valence-electron chi connectivity index (χ1n) is 27.2. The Kier molecular flexibility index (Phi) is 51.3. The van der Waals surface area contributed by atoms with Crippen molar-refractivity contribution in [3.63, 3.8) is 0 Å². The van der Waals surface area contributed by atoms with Crippen LogP contribution >= 0.6 is 23.5 Å². The number of unbranched alkanes of at least 4 members (excludes halogenated alkanes) is 26. The highest BCUT2D eigenvalue weighted by Gasteiger charge is 2.06. The van der Waals surface area contributed by atoms with E-state index in [1.165, 1.54) is 154 Å². The summed E-state index contributed by atoms with van der Waals surface area (Å²) in [6.45, 7) is 9.26. The minimum absolute atomic E-state index is 0.0730. The molecule has 0 rings (SSSR count). The Bertz CT molecular complexity index is 961. The van der Waals surface area contributed by atoms with Gasteiger partial charge in [0.1, 0.15) is 0 Å². The van der Waals surface area contributed by atoms with Gasteiger partial charge in [0, 0.05) is 37.4 Å². The van der Waals surface area contributed by atoms with Gasteiger partial charge in [0.05, 0.1) is 37.7 Å². The first kappa shape index (κ1) is 62.5. The maximum absolute atomic E-state index is 12.1. The molecule has 0 saturated carbocycles. The average Bonchev–Trinajstić information content (AvgIpc) is 3.28. The summed E-state index contributed by atoms with van der Waals surface area (Å²) in [4.78, 5) is 26.4. The monoisotopic (exact) mass is 940 g/mol. The van der Waals surface area contributed by atoms with Gasteiger partial charge in [0.2, 0.25) is 0 Å². The van der Waals surface area contributed by atoms with Gasteiger partial charge >= 0.3 is 11.9 Å². The van der Waals surface area contributed by atoms with Gasteiger partial charge in [-0.15, -0.1) is 0 Å². The molecule has 9 nitrogen and oxygen atoms in total. The second-order valence-electron chi connectivity index (χ2n) is 18.4. The number of rotatable bonds is 52. The van der Waals surface area contributed by atoms with E-state index >= 15 is 0 Å². The van der Waals surface area contributed by atoms with Crippen molar-refractivity contribution < 1.29 is 19.1 Å². The molecule has 0 aliphatic heterocycles. The van der Waals surface area contributed by atoms with Crippen molar-refractivity contribution in [3.8, 4) is 0 Å². The third kappa shape index (κ3) is 51.5. The molecule has 64 heavy (non-hydrogen) atoms. The Morgan fingerprint density at radius 3 is 1.02 bits per heavy atom.